The van der Waals surface area contributed by atoms with Crippen molar-refractivity contribution in [3.8, 4) is 0 Å². The second kappa shape index (κ2) is 7.64. The number of nitrogens with two attached hydrogens (primary N) is 1. The van der Waals surface area contributed by atoms with Crippen LogP contribution in [0.15, 0.2) is 24.3 Å². The standard InChI is InChI=1S/C15H24N4O2/c1-5-19(10-14(20)17(2)3)11-15(21)18(4)13-8-6-12(16)7-9-13/h6-9H,5,10-11,16H2,1-4H3. The molecule has 0 radical (unpaired) electrons. The summed E-state index contributed by atoms with van der Waals surface area (Å²) in [6, 6.07) is 7.11. The zero-order valence-electron chi connectivity index (χ0n) is 13.2. The van der Waals surface area contributed by atoms with Crippen LogP contribution in [0.2, 0.25) is 0 Å². The second-order valence-corrected chi connectivity index (χ2v) is 5.14. The Kier molecular flexibility index (Phi) is 6.17. The van der Waals surface area contributed by atoms with E-state index in [1.54, 1.807) is 50.3 Å². The molecule has 0 atom stereocenters. The predicted molar refractivity (Wildman–Crippen MR) is 85.1 cm³/mol. The molecule has 1 rings (SSSR count). The summed E-state index contributed by atoms with van der Waals surface area (Å²) in [5.74, 6) is -0.0760. The Morgan fingerprint density at radius 3 is 2.00 bits per heavy atom. The summed E-state index contributed by atoms with van der Waals surface area (Å²) in [5.41, 5.74) is 7.07. The van der Waals surface area contributed by atoms with Gasteiger partial charge in [0.25, 0.3) is 0 Å². The quantitative estimate of drug-likeness (QED) is 0.781. The summed E-state index contributed by atoms with van der Waals surface area (Å²) in [6.07, 6.45) is 0. The first kappa shape index (κ1) is 17.0. The molecule has 0 saturated heterocycles. The smallest absolute Gasteiger partial charge is 0.240 e. The van der Waals surface area contributed by atoms with E-state index in [-0.39, 0.29) is 24.9 Å². The maximum Gasteiger partial charge on any atom is 0.240 e. The van der Waals surface area contributed by atoms with Gasteiger partial charge in [0.1, 0.15) is 0 Å². The van der Waals surface area contributed by atoms with Gasteiger partial charge < -0.3 is 15.5 Å². The van der Waals surface area contributed by atoms with E-state index >= 15 is 0 Å². The van der Waals surface area contributed by atoms with Crippen molar-refractivity contribution in [3.63, 3.8) is 0 Å². The zero-order chi connectivity index (χ0) is 16.0. The van der Waals surface area contributed by atoms with Gasteiger partial charge in [-0.15, -0.1) is 0 Å². The van der Waals surface area contributed by atoms with Gasteiger partial charge in [-0.25, -0.2) is 0 Å². The van der Waals surface area contributed by atoms with Gasteiger partial charge >= 0.3 is 0 Å². The number of benzene rings is 1. The molecule has 1 aromatic rings. The molecule has 0 aliphatic heterocycles. The number of nitrogen functional groups attached to an aromatic ring is 1. The Morgan fingerprint density at radius 1 is 1.00 bits per heavy atom. The molecule has 0 aliphatic carbocycles. The molecule has 0 bridgehead atoms. The molecule has 0 spiro atoms. The molecular formula is C15H24N4O2. The number of rotatable bonds is 6. The fourth-order valence-corrected chi connectivity index (χ4v) is 1.75. The lowest BCUT2D eigenvalue weighted by atomic mass is 10.2. The summed E-state index contributed by atoms with van der Waals surface area (Å²) in [6.45, 7) is 3.02. The van der Waals surface area contributed by atoms with Crippen molar-refractivity contribution in [1.82, 2.24) is 9.80 Å². The molecule has 0 saturated carbocycles. The molecule has 2 N–H and O–H groups in total. The summed E-state index contributed by atoms with van der Waals surface area (Å²) < 4.78 is 0. The Morgan fingerprint density at radius 2 is 1.52 bits per heavy atom. The molecule has 1 aromatic carbocycles. The van der Waals surface area contributed by atoms with E-state index in [0.717, 1.165) is 5.69 Å². The highest BCUT2D eigenvalue weighted by atomic mass is 16.2. The molecule has 0 aliphatic rings. The number of hydrogen-bond donors (Lipinski definition) is 1. The largest absolute Gasteiger partial charge is 0.399 e. The first-order chi connectivity index (χ1) is 9.85. The number of amides is 2. The van der Waals surface area contributed by atoms with E-state index in [0.29, 0.717) is 12.2 Å². The molecule has 6 nitrogen and oxygen atoms in total. The number of likely N-dealkylation sites (N-methyl/N-ethyl adjacent to an activating group) is 3. The summed E-state index contributed by atoms with van der Waals surface area (Å²) >= 11 is 0. The van der Waals surface area contributed by atoms with Crippen molar-refractivity contribution in [2.45, 2.75) is 6.92 Å². The van der Waals surface area contributed by atoms with Crippen LogP contribution in [0.25, 0.3) is 0 Å². The highest BCUT2D eigenvalue weighted by Gasteiger charge is 2.17. The average Bonchev–Trinajstić information content (AvgIpc) is 2.46. The van der Waals surface area contributed by atoms with Gasteiger partial charge in [0.15, 0.2) is 0 Å². The van der Waals surface area contributed by atoms with Crippen LogP contribution in [0.3, 0.4) is 0 Å². The van der Waals surface area contributed by atoms with Gasteiger partial charge in [0.2, 0.25) is 11.8 Å². The maximum atomic E-state index is 12.3. The number of carbonyl (C=O) groups is 2. The van der Waals surface area contributed by atoms with Gasteiger partial charge in [-0.3, -0.25) is 14.5 Å². The van der Waals surface area contributed by atoms with Crippen molar-refractivity contribution in [2.24, 2.45) is 0 Å². The Hall–Kier alpha value is -2.08. The third kappa shape index (κ3) is 5.07. The molecule has 0 unspecified atom stereocenters. The maximum absolute atomic E-state index is 12.3. The Labute approximate surface area is 126 Å². The molecule has 2 amide bonds. The van der Waals surface area contributed by atoms with Crippen molar-refractivity contribution in [3.05, 3.63) is 24.3 Å². The molecule has 0 fully saturated rings. The first-order valence-corrected chi connectivity index (χ1v) is 6.89. The van der Waals surface area contributed by atoms with Crippen molar-refractivity contribution in [1.29, 1.82) is 0 Å². The predicted octanol–water partition coefficient (Wildman–Crippen LogP) is 0.642. The lowest BCUT2D eigenvalue weighted by Gasteiger charge is -2.24. The van der Waals surface area contributed by atoms with E-state index < -0.39 is 0 Å². The monoisotopic (exact) mass is 292 g/mol. The van der Waals surface area contributed by atoms with E-state index in [9.17, 15) is 9.59 Å². The van der Waals surface area contributed by atoms with Crippen molar-refractivity contribution < 1.29 is 9.59 Å². The van der Waals surface area contributed by atoms with Crippen LogP contribution in [-0.2, 0) is 9.59 Å². The molecule has 116 valence electrons. The number of hydrogen-bond acceptors (Lipinski definition) is 4. The highest BCUT2D eigenvalue weighted by molar-refractivity contribution is 5.94. The van der Waals surface area contributed by atoms with E-state index in [4.69, 9.17) is 5.73 Å². The summed E-state index contributed by atoms with van der Waals surface area (Å²) in [4.78, 5) is 28.9. The van der Waals surface area contributed by atoms with Gasteiger partial charge in [0.05, 0.1) is 13.1 Å². The zero-order valence-corrected chi connectivity index (χ0v) is 13.2. The van der Waals surface area contributed by atoms with E-state index in [2.05, 4.69) is 0 Å². The molecule has 21 heavy (non-hydrogen) atoms. The van der Waals surface area contributed by atoms with Crippen LogP contribution in [0.1, 0.15) is 6.92 Å². The first-order valence-electron chi connectivity index (χ1n) is 6.89. The van der Waals surface area contributed by atoms with Gasteiger partial charge in [-0.1, -0.05) is 6.92 Å². The minimum Gasteiger partial charge on any atom is -0.399 e. The van der Waals surface area contributed by atoms with Crippen LogP contribution < -0.4 is 10.6 Å². The van der Waals surface area contributed by atoms with E-state index in [1.165, 1.54) is 4.90 Å². The topological polar surface area (TPSA) is 69.9 Å². The number of anilines is 2. The van der Waals surface area contributed by atoms with Crippen molar-refractivity contribution in [2.75, 3.05) is 51.4 Å². The third-order valence-electron chi connectivity index (χ3n) is 3.32. The molecule has 6 heteroatoms. The summed E-state index contributed by atoms with van der Waals surface area (Å²) in [7, 11) is 5.13. The van der Waals surface area contributed by atoms with Gasteiger partial charge in [-0.2, -0.15) is 0 Å². The van der Waals surface area contributed by atoms with E-state index in [1.807, 2.05) is 11.8 Å². The Balaban J connectivity index is 2.65. The fraction of sp³-hybridized carbons (Fsp3) is 0.467. The van der Waals surface area contributed by atoms with Crippen LogP contribution in [-0.4, -0.2) is 62.4 Å². The highest BCUT2D eigenvalue weighted by Crippen LogP contribution is 2.15. The lowest BCUT2D eigenvalue weighted by Crippen LogP contribution is -2.43. The van der Waals surface area contributed by atoms with Crippen LogP contribution >= 0.6 is 0 Å². The van der Waals surface area contributed by atoms with Crippen LogP contribution in [0, 0.1) is 0 Å². The molecular weight excluding hydrogens is 268 g/mol. The van der Waals surface area contributed by atoms with Crippen LogP contribution in [0.4, 0.5) is 11.4 Å². The lowest BCUT2D eigenvalue weighted by molar-refractivity contribution is -0.130. The molecule has 0 aromatic heterocycles. The summed E-state index contributed by atoms with van der Waals surface area (Å²) in [5, 5.41) is 0. The third-order valence-corrected chi connectivity index (χ3v) is 3.32. The number of nitrogens with zero attached hydrogens (tertiary/aromatic N) is 3. The SMILES string of the molecule is CCN(CC(=O)N(C)C)CC(=O)N(C)c1ccc(N)cc1. The fourth-order valence-electron chi connectivity index (χ4n) is 1.75. The second-order valence-electron chi connectivity index (χ2n) is 5.14. The van der Waals surface area contributed by atoms with Crippen LogP contribution in [0.5, 0.6) is 0 Å². The minimum atomic E-state index is -0.0619. The van der Waals surface area contributed by atoms with Crippen molar-refractivity contribution >= 4 is 23.2 Å². The normalized spacial score (nSPS) is 10.5. The van der Waals surface area contributed by atoms with Gasteiger partial charge in [-0.05, 0) is 30.8 Å². The molecule has 0 heterocycles. The minimum absolute atomic E-state index is 0.0141. The number of carbonyl (C=O) groups excluding carboxylic acids is 2. The Bertz CT molecular complexity index is 485. The van der Waals surface area contributed by atoms with Gasteiger partial charge in [0, 0.05) is 32.5 Å². The average molecular weight is 292 g/mol.